The molecule has 0 atom stereocenters. The molecule has 0 radical (unpaired) electrons. The number of rotatable bonds is 7. The van der Waals surface area contributed by atoms with Crippen LogP contribution in [0.5, 0.6) is 5.88 Å². The first-order valence-corrected chi connectivity index (χ1v) is 13.2. The van der Waals surface area contributed by atoms with E-state index in [2.05, 4.69) is 30.6 Å². The second-order valence-electron chi connectivity index (χ2n) is 8.74. The van der Waals surface area contributed by atoms with Gasteiger partial charge in [0.05, 0.1) is 18.8 Å². The summed E-state index contributed by atoms with van der Waals surface area (Å²) in [6.07, 6.45) is -0.776. The van der Waals surface area contributed by atoms with Crippen LogP contribution in [0.2, 0.25) is 0 Å². The second kappa shape index (κ2) is 11.6. The van der Waals surface area contributed by atoms with Gasteiger partial charge in [0.15, 0.2) is 5.69 Å². The molecule has 210 valence electrons. The summed E-state index contributed by atoms with van der Waals surface area (Å²) in [6.45, 7) is 2.98. The van der Waals surface area contributed by atoms with Crippen molar-refractivity contribution in [2.75, 3.05) is 31.6 Å². The Morgan fingerprint density at radius 3 is 2.62 bits per heavy atom. The summed E-state index contributed by atoms with van der Waals surface area (Å²) in [5.74, 6) is -0.169. The third-order valence-electron chi connectivity index (χ3n) is 5.91. The largest absolute Gasteiger partial charge is 0.474 e. The molecule has 0 spiro atoms. The average molecular weight is 577 g/mol. The number of esters is 1. The van der Waals surface area contributed by atoms with Gasteiger partial charge in [-0.15, -0.1) is 11.3 Å². The third kappa shape index (κ3) is 6.20. The molecule has 2 aliphatic heterocycles. The molecule has 0 aliphatic carbocycles. The highest BCUT2D eigenvalue weighted by Crippen LogP contribution is 2.41. The number of cyclic esters (lactones) is 1. The van der Waals surface area contributed by atoms with Gasteiger partial charge in [-0.1, -0.05) is 0 Å². The number of hydrogen-bond acceptors (Lipinski definition) is 10. The summed E-state index contributed by atoms with van der Waals surface area (Å²) in [6, 6.07) is 2.52. The van der Waals surface area contributed by atoms with E-state index in [0.717, 1.165) is 16.7 Å². The Hall–Kier alpha value is -4.11. The van der Waals surface area contributed by atoms with Gasteiger partial charge in [0.25, 0.3) is 0 Å². The highest BCUT2D eigenvalue weighted by Gasteiger charge is 2.34. The summed E-state index contributed by atoms with van der Waals surface area (Å²) in [5.41, 5.74) is 0.275. The number of thiazole rings is 1. The van der Waals surface area contributed by atoms with Crippen LogP contribution in [0.15, 0.2) is 34.9 Å². The molecule has 15 heteroatoms. The van der Waals surface area contributed by atoms with E-state index in [4.69, 9.17) is 14.2 Å². The lowest BCUT2D eigenvalue weighted by Crippen LogP contribution is -2.28. The quantitative estimate of drug-likeness (QED) is 0.398. The number of urea groups is 1. The molecule has 5 rings (SSSR count). The predicted molar refractivity (Wildman–Crippen MR) is 138 cm³/mol. The van der Waals surface area contributed by atoms with E-state index in [-0.39, 0.29) is 40.8 Å². The number of nitrogens with zero attached hydrogens (tertiary/aromatic N) is 4. The zero-order valence-corrected chi connectivity index (χ0v) is 21.9. The smallest absolute Gasteiger partial charge is 0.434 e. The van der Waals surface area contributed by atoms with Gasteiger partial charge in [-0.3, -0.25) is 5.32 Å². The minimum atomic E-state index is -4.65. The van der Waals surface area contributed by atoms with Crippen molar-refractivity contribution in [3.05, 3.63) is 41.2 Å². The first-order valence-electron chi connectivity index (χ1n) is 12.3. The Morgan fingerprint density at radius 1 is 1.15 bits per heavy atom. The maximum Gasteiger partial charge on any atom is 0.434 e. The molecule has 0 bridgehead atoms. The second-order valence-corrected chi connectivity index (χ2v) is 9.60. The van der Waals surface area contributed by atoms with Crippen LogP contribution in [0, 0.1) is 0 Å². The maximum atomic E-state index is 13.4. The molecule has 1 fully saturated rings. The fourth-order valence-electron chi connectivity index (χ4n) is 4.03. The number of hydrogen-bond donors (Lipinski definition) is 2. The molecular formula is C25H23F3N6O5S. The summed E-state index contributed by atoms with van der Waals surface area (Å²) < 4.78 is 57.1. The van der Waals surface area contributed by atoms with Crippen molar-refractivity contribution in [3.63, 3.8) is 0 Å². The molecule has 0 saturated carbocycles. The Morgan fingerprint density at radius 2 is 1.95 bits per heavy atom. The molecule has 3 aromatic rings. The van der Waals surface area contributed by atoms with Crippen LogP contribution in [0.3, 0.4) is 0 Å². The van der Waals surface area contributed by atoms with Crippen molar-refractivity contribution in [1.29, 1.82) is 0 Å². The molecule has 3 aromatic heterocycles. The van der Waals surface area contributed by atoms with Crippen molar-refractivity contribution in [2.24, 2.45) is 4.99 Å². The predicted octanol–water partition coefficient (Wildman–Crippen LogP) is 4.29. The molecule has 2 aliphatic rings. The van der Waals surface area contributed by atoms with Crippen LogP contribution in [0.1, 0.15) is 31.0 Å². The van der Waals surface area contributed by atoms with Crippen molar-refractivity contribution in [3.8, 4) is 27.6 Å². The van der Waals surface area contributed by atoms with Gasteiger partial charge in [-0.05, 0) is 19.1 Å². The summed E-state index contributed by atoms with van der Waals surface area (Å²) in [7, 11) is 0. The van der Waals surface area contributed by atoms with Crippen molar-refractivity contribution in [1.82, 2.24) is 20.3 Å². The van der Waals surface area contributed by atoms with E-state index in [9.17, 15) is 22.8 Å². The summed E-state index contributed by atoms with van der Waals surface area (Å²) >= 11 is 0.789. The molecule has 2 amide bonds. The van der Waals surface area contributed by atoms with Gasteiger partial charge in [0.1, 0.15) is 23.5 Å². The number of nitrogens with one attached hydrogen (secondary N) is 2. The molecule has 1 saturated heterocycles. The highest BCUT2D eigenvalue weighted by atomic mass is 32.1. The van der Waals surface area contributed by atoms with Crippen LogP contribution >= 0.6 is 11.3 Å². The monoisotopic (exact) mass is 576 g/mol. The standard InChI is InChI=1S/C25H23F3N6O5S/c1-2-29-24(36)34-19-8-16(23-33-18(12-40-23)25(26,27)28)17(10-30-19)15-7-13(21-32-11-20(35)39-21)9-31-22(15)38-14-3-5-37-6-4-14/h7-10,12,14H,2-6,11H2,1H3,(H2,29,30,34,36). The van der Waals surface area contributed by atoms with Gasteiger partial charge in [0, 0.05) is 53.9 Å². The number of amides is 2. The lowest BCUT2D eigenvalue weighted by Gasteiger charge is -2.24. The van der Waals surface area contributed by atoms with E-state index < -0.39 is 23.9 Å². The topological polar surface area (TPSA) is 137 Å². The van der Waals surface area contributed by atoms with Crippen molar-refractivity contribution >= 4 is 35.1 Å². The molecule has 2 N–H and O–H groups in total. The van der Waals surface area contributed by atoms with E-state index in [1.54, 1.807) is 13.0 Å². The molecular weight excluding hydrogens is 553 g/mol. The van der Waals surface area contributed by atoms with E-state index >= 15 is 0 Å². The lowest BCUT2D eigenvalue weighted by atomic mass is 10.0. The number of halogens is 3. The Kier molecular flexibility index (Phi) is 7.93. The number of ether oxygens (including phenoxy) is 3. The van der Waals surface area contributed by atoms with Gasteiger partial charge in [-0.2, -0.15) is 13.2 Å². The molecule has 5 heterocycles. The Labute approximate surface area is 229 Å². The SMILES string of the molecule is CCNC(=O)Nc1cc(-c2nc(C(F)(F)F)cs2)c(-c2cc(C3=NCC(=O)O3)cnc2OC2CCOCC2)cn1. The van der Waals surface area contributed by atoms with E-state index in [1.807, 2.05) is 0 Å². The fourth-order valence-corrected chi connectivity index (χ4v) is 4.89. The first kappa shape index (κ1) is 27.5. The van der Waals surface area contributed by atoms with Crippen LogP contribution < -0.4 is 15.4 Å². The number of aromatic nitrogens is 3. The van der Waals surface area contributed by atoms with Gasteiger partial charge < -0.3 is 19.5 Å². The van der Waals surface area contributed by atoms with Gasteiger partial charge in [0.2, 0.25) is 11.8 Å². The number of aliphatic imine (C=N–C) groups is 1. The summed E-state index contributed by atoms with van der Waals surface area (Å²) in [5, 5.41) is 6.09. The number of alkyl halides is 3. The van der Waals surface area contributed by atoms with E-state index in [0.29, 0.717) is 49.3 Å². The van der Waals surface area contributed by atoms with Crippen LogP contribution in [-0.2, 0) is 20.4 Å². The van der Waals surface area contributed by atoms with Crippen molar-refractivity contribution in [2.45, 2.75) is 32.0 Å². The number of carbonyl (C=O) groups is 2. The maximum absolute atomic E-state index is 13.4. The highest BCUT2D eigenvalue weighted by molar-refractivity contribution is 7.13. The molecule has 40 heavy (non-hydrogen) atoms. The normalized spacial score (nSPS) is 15.9. The minimum absolute atomic E-state index is 0.0377. The zero-order chi connectivity index (χ0) is 28.3. The van der Waals surface area contributed by atoms with E-state index in [1.165, 1.54) is 18.5 Å². The van der Waals surface area contributed by atoms with Crippen LogP contribution in [-0.4, -0.2) is 65.3 Å². The number of carbonyl (C=O) groups excluding carboxylic acids is 2. The lowest BCUT2D eigenvalue weighted by molar-refractivity contribution is -0.140. The van der Waals surface area contributed by atoms with Gasteiger partial charge >= 0.3 is 18.2 Å². The number of pyridine rings is 2. The van der Waals surface area contributed by atoms with Crippen molar-refractivity contribution < 1.29 is 37.0 Å². The first-order chi connectivity index (χ1) is 19.2. The number of anilines is 1. The summed E-state index contributed by atoms with van der Waals surface area (Å²) in [4.78, 5) is 40.5. The zero-order valence-electron chi connectivity index (χ0n) is 21.1. The fraction of sp³-hybridized carbons (Fsp3) is 0.360. The minimum Gasteiger partial charge on any atom is -0.474 e. The Bertz CT molecular complexity index is 1450. The Balaban J connectivity index is 1.63. The van der Waals surface area contributed by atoms with Crippen LogP contribution in [0.4, 0.5) is 23.8 Å². The molecule has 0 unspecified atom stereocenters. The van der Waals surface area contributed by atoms with Crippen LogP contribution in [0.25, 0.3) is 21.7 Å². The molecule has 11 nitrogen and oxygen atoms in total. The average Bonchev–Trinajstić information content (AvgIpc) is 3.60. The third-order valence-corrected chi connectivity index (χ3v) is 6.78. The molecule has 0 aromatic carbocycles. The van der Waals surface area contributed by atoms with Gasteiger partial charge in [-0.25, -0.2) is 29.5 Å².